The van der Waals surface area contributed by atoms with Crippen molar-refractivity contribution in [2.75, 3.05) is 19.0 Å². The average Bonchev–Trinajstić information content (AvgIpc) is 3.15. The van der Waals surface area contributed by atoms with E-state index in [1.807, 2.05) is 19.2 Å². The number of carbonyl (C=O) groups is 1. The fourth-order valence-electron chi connectivity index (χ4n) is 3.87. The molecule has 32 heavy (non-hydrogen) atoms. The summed E-state index contributed by atoms with van der Waals surface area (Å²) in [6, 6.07) is 9.85. The van der Waals surface area contributed by atoms with E-state index in [0.29, 0.717) is 23.1 Å². The Hall–Kier alpha value is -2.66. The summed E-state index contributed by atoms with van der Waals surface area (Å²) in [6.07, 6.45) is 7.18. The number of esters is 1. The van der Waals surface area contributed by atoms with Gasteiger partial charge in [0.2, 0.25) is 0 Å². The van der Waals surface area contributed by atoms with Gasteiger partial charge in [0.1, 0.15) is 0 Å². The van der Waals surface area contributed by atoms with Crippen LogP contribution in [0.25, 0.3) is 6.08 Å². The molecule has 2 aromatic rings. The number of nitrogens with one attached hydrogen (secondary N) is 1. The van der Waals surface area contributed by atoms with Crippen LogP contribution in [-0.4, -0.2) is 19.6 Å². The van der Waals surface area contributed by atoms with Gasteiger partial charge in [0, 0.05) is 53.7 Å². The summed E-state index contributed by atoms with van der Waals surface area (Å²) in [5.74, 6) is -3.03. The monoisotopic (exact) mass is 459 g/mol. The van der Waals surface area contributed by atoms with Gasteiger partial charge in [0.25, 0.3) is 5.92 Å². The molecule has 0 bridgehead atoms. The lowest BCUT2D eigenvalue weighted by molar-refractivity contribution is -0.139. The Morgan fingerprint density at radius 3 is 2.59 bits per heavy atom. The molecule has 3 rings (SSSR count). The summed E-state index contributed by atoms with van der Waals surface area (Å²) in [7, 11) is 1.88. The van der Waals surface area contributed by atoms with Gasteiger partial charge in [-0.1, -0.05) is 54.6 Å². The maximum atomic E-state index is 13.3. The van der Waals surface area contributed by atoms with Gasteiger partial charge in [-0.25, -0.2) is 13.6 Å². The largest absolute Gasteiger partial charge is 0.462 e. The lowest BCUT2D eigenvalue weighted by Crippen LogP contribution is -2.11. The second-order valence-electron chi connectivity index (χ2n) is 8.17. The Kier molecular flexibility index (Phi) is 7.73. The zero-order chi connectivity index (χ0) is 23.3. The molecule has 0 saturated heterocycles. The molecular formula is C26H28ClF2NO2. The number of anilines is 1. The van der Waals surface area contributed by atoms with Crippen molar-refractivity contribution in [2.24, 2.45) is 0 Å². The van der Waals surface area contributed by atoms with Crippen LogP contribution >= 0.6 is 11.6 Å². The lowest BCUT2D eigenvalue weighted by Gasteiger charge is -2.14. The van der Waals surface area contributed by atoms with E-state index in [2.05, 4.69) is 24.0 Å². The van der Waals surface area contributed by atoms with Gasteiger partial charge in [0.15, 0.2) is 0 Å². The van der Waals surface area contributed by atoms with Crippen LogP contribution in [-0.2, 0) is 21.9 Å². The second-order valence-corrected chi connectivity index (χ2v) is 8.61. The van der Waals surface area contributed by atoms with Gasteiger partial charge in [-0.3, -0.25) is 0 Å². The molecule has 170 valence electrons. The molecule has 0 saturated carbocycles. The van der Waals surface area contributed by atoms with Crippen molar-refractivity contribution in [1.29, 1.82) is 0 Å². The van der Waals surface area contributed by atoms with Crippen molar-refractivity contribution >= 4 is 29.3 Å². The molecule has 0 amide bonds. The van der Waals surface area contributed by atoms with E-state index in [1.54, 1.807) is 12.1 Å². The van der Waals surface area contributed by atoms with Crippen molar-refractivity contribution in [3.8, 4) is 0 Å². The van der Waals surface area contributed by atoms with E-state index in [1.165, 1.54) is 23.3 Å². The van der Waals surface area contributed by atoms with Crippen LogP contribution in [0.2, 0.25) is 5.02 Å². The molecule has 6 heteroatoms. The van der Waals surface area contributed by atoms with E-state index in [4.69, 9.17) is 16.3 Å². The van der Waals surface area contributed by atoms with E-state index < -0.39 is 11.9 Å². The van der Waals surface area contributed by atoms with Gasteiger partial charge in [0.05, 0.1) is 6.61 Å². The smallest absolute Gasteiger partial charge is 0.333 e. The van der Waals surface area contributed by atoms with Crippen LogP contribution in [0.4, 0.5) is 14.5 Å². The van der Waals surface area contributed by atoms with E-state index in [-0.39, 0.29) is 12.0 Å². The molecule has 2 aromatic carbocycles. The number of alkyl halides is 2. The molecule has 0 aliphatic heterocycles. The molecule has 0 spiro atoms. The molecule has 0 aromatic heterocycles. The van der Waals surface area contributed by atoms with Gasteiger partial charge >= 0.3 is 5.97 Å². The summed E-state index contributed by atoms with van der Waals surface area (Å²) in [5.41, 5.74) is 4.42. The second kappa shape index (κ2) is 10.3. The summed E-state index contributed by atoms with van der Waals surface area (Å²) >= 11 is 6.24. The molecule has 0 heterocycles. The van der Waals surface area contributed by atoms with Crippen LogP contribution in [0.1, 0.15) is 54.4 Å². The number of carbonyl (C=O) groups excluding carboxylic acids is 1. The van der Waals surface area contributed by atoms with Crippen molar-refractivity contribution < 1.29 is 18.3 Å². The highest BCUT2D eigenvalue weighted by Gasteiger charge is 2.24. The van der Waals surface area contributed by atoms with Gasteiger partial charge in [-0.2, -0.15) is 0 Å². The molecule has 1 atom stereocenters. The molecule has 1 N–H and O–H groups in total. The molecule has 3 nitrogen and oxygen atoms in total. The first-order valence-corrected chi connectivity index (χ1v) is 11.1. The van der Waals surface area contributed by atoms with Crippen molar-refractivity contribution in [1.82, 2.24) is 0 Å². The molecule has 0 radical (unpaired) electrons. The quantitative estimate of drug-likeness (QED) is 0.233. The maximum Gasteiger partial charge on any atom is 0.333 e. The number of hydrogen-bond acceptors (Lipinski definition) is 3. The van der Waals surface area contributed by atoms with E-state index in [0.717, 1.165) is 37.4 Å². The zero-order valence-electron chi connectivity index (χ0n) is 18.4. The number of hydrogen-bond donors (Lipinski definition) is 1. The van der Waals surface area contributed by atoms with Crippen molar-refractivity contribution in [3.05, 3.63) is 81.9 Å². The van der Waals surface area contributed by atoms with Gasteiger partial charge in [-0.15, -0.1) is 0 Å². The normalized spacial score (nSPS) is 14.8. The van der Waals surface area contributed by atoms with E-state index >= 15 is 0 Å². The minimum absolute atomic E-state index is 0.0568. The Balaban J connectivity index is 1.40. The first kappa shape index (κ1) is 24.0. The van der Waals surface area contributed by atoms with Crippen molar-refractivity contribution in [3.63, 3.8) is 0 Å². The summed E-state index contributed by atoms with van der Waals surface area (Å²) in [6.45, 7) is 4.96. The summed E-state index contributed by atoms with van der Waals surface area (Å²) < 4.78 is 31.9. The summed E-state index contributed by atoms with van der Waals surface area (Å²) in [4.78, 5) is 12.2. The fraction of sp³-hybridized carbons (Fsp3) is 0.346. The first-order valence-electron chi connectivity index (χ1n) is 10.7. The fourth-order valence-corrected chi connectivity index (χ4v) is 4.10. The van der Waals surface area contributed by atoms with Crippen LogP contribution in [0, 0.1) is 0 Å². The van der Waals surface area contributed by atoms with Crippen LogP contribution in [0.5, 0.6) is 0 Å². The third-order valence-electron chi connectivity index (χ3n) is 5.65. The molecule has 1 unspecified atom stereocenters. The third-order valence-corrected chi connectivity index (χ3v) is 5.87. The SMILES string of the molecule is C=C(Cc1ccc(C(C)(F)F)cc1)C(=O)OCCCCC1C=Cc2c(NC)cc(Cl)cc21. The molecule has 1 aliphatic carbocycles. The Morgan fingerprint density at radius 1 is 1.22 bits per heavy atom. The van der Waals surface area contributed by atoms with Crippen LogP contribution in [0.15, 0.2) is 54.6 Å². The maximum absolute atomic E-state index is 13.3. The standard InChI is InChI=1S/C26H28ClF2NO2/c1-17(14-18-7-10-20(11-8-18)26(2,28)29)25(31)32-13-5-4-6-19-9-12-22-23(19)15-21(27)16-24(22)30-3/h7-12,15-16,19,30H,1,4-6,13-14H2,2-3H3. The lowest BCUT2D eigenvalue weighted by atomic mass is 9.95. The average molecular weight is 460 g/mol. The summed E-state index contributed by atoms with van der Waals surface area (Å²) in [5, 5.41) is 3.89. The minimum atomic E-state index is -2.88. The highest BCUT2D eigenvalue weighted by molar-refractivity contribution is 6.31. The molecule has 1 aliphatic rings. The predicted octanol–water partition coefficient (Wildman–Crippen LogP) is 7.12. The van der Waals surface area contributed by atoms with Gasteiger partial charge < -0.3 is 10.1 Å². The first-order chi connectivity index (χ1) is 15.2. The van der Waals surface area contributed by atoms with E-state index in [9.17, 15) is 13.6 Å². The van der Waals surface area contributed by atoms with Crippen LogP contribution in [0.3, 0.4) is 0 Å². The topological polar surface area (TPSA) is 38.3 Å². The molecular weight excluding hydrogens is 432 g/mol. The predicted molar refractivity (Wildman–Crippen MR) is 126 cm³/mol. The van der Waals surface area contributed by atoms with Crippen molar-refractivity contribution in [2.45, 2.75) is 44.4 Å². The van der Waals surface area contributed by atoms with Gasteiger partial charge in [-0.05, 0) is 42.5 Å². The Morgan fingerprint density at radius 2 is 1.94 bits per heavy atom. The Labute approximate surface area is 193 Å². The number of allylic oxidation sites excluding steroid dienone is 1. The number of halogens is 3. The zero-order valence-corrected chi connectivity index (χ0v) is 19.1. The number of fused-ring (bicyclic) bond motifs is 1. The highest BCUT2D eigenvalue weighted by Crippen LogP contribution is 2.39. The third kappa shape index (κ3) is 5.98. The number of benzene rings is 2. The highest BCUT2D eigenvalue weighted by atomic mass is 35.5. The minimum Gasteiger partial charge on any atom is -0.462 e. The number of ether oxygens (including phenoxy) is 1. The molecule has 0 fully saturated rings. The Bertz CT molecular complexity index is 1010. The number of rotatable bonds is 10. The number of unbranched alkanes of at least 4 members (excludes halogenated alkanes) is 1. The van der Waals surface area contributed by atoms with Crippen LogP contribution < -0.4 is 5.32 Å².